The Morgan fingerprint density at radius 2 is 0.659 bits per heavy atom. The maximum absolute atomic E-state index is 12.9. The van der Waals surface area contributed by atoms with Gasteiger partial charge in [-0.15, -0.1) is 0 Å². The van der Waals surface area contributed by atoms with Crippen LogP contribution in [0, 0.1) is 0 Å². The van der Waals surface area contributed by atoms with Crippen LogP contribution in [-0.4, -0.2) is 74.9 Å². The SMILES string of the molecule is CCCCCCC/C=C\C/C=C\C/C=C\CCCCCCCCCCCCC(=O)OC(COC(=O)CCCCCCCCCCCCCCCCCCCCCCC/C=C\CCCCCCCCCC)COP(=O)(O)OCC[N+](C)(C)C. The molecule has 0 radical (unpaired) electrons. The van der Waals surface area contributed by atoms with Gasteiger partial charge in [-0.05, 0) is 77.0 Å². The van der Waals surface area contributed by atoms with Crippen LogP contribution in [0.3, 0.4) is 0 Å². The molecule has 0 rings (SSSR count). The number of nitrogens with zero attached hydrogens (tertiary/aromatic N) is 1. The van der Waals surface area contributed by atoms with Crippen LogP contribution in [0.1, 0.15) is 348 Å². The van der Waals surface area contributed by atoms with Crippen LogP contribution in [0.5, 0.6) is 0 Å². The molecule has 0 bridgehead atoms. The first-order valence-corrected chi connectivity index (χ1v) is 36.9. The van der Waals surface area contributed by atoms with Crippen molar-refractivity contribution in [2.75, 3.05) is 47.5 Å². The molecule has 0 heterocycles. The van der Waals surface area contributed by atoms with Crippen LogP contribution >= 0.6 is 7.82 Å². The number of phosphoric ester groups is 1. The van der Waals surface area contributed by atoms with Gasteiger partial charge < -0.3 is 18.9 Å². The molecule has 482 valence electrons. The molecule has 0 aliphatic heterocycles. The fraction of sp³-hybridized carbons (Fsp3) is 0.861. The van der Waals surface area contributed by atoms with E-state index in [0.29, 0.717) is 23.9 Å². The van der Waals surface area contributed by atoms with Crippen molar-refractivity contribution in [3.05, 3.63) is 48.6 Å². The van der Waals surface area contributed by atoms with Crippen molar-refractivity contribution in [2.24, 2.45) is 0 Å². The molecule has 0 aromatic heterocycles. The second kappa shape index (κ2) is 63.5. The van der Waals surface area contributed by atoms with Gasteiger partial charge in [0.15, 0.2) is 6.10 Å². The molecule has 9 nitrogen and oxygen atoms in total. The number of rotatable bonds is 66. The summed E-state index contributed by atoms with van der Waals surface area (Å²) in [6.45, 7) is 4.47. The molecule has 0 aromatic rings. The lowest BCUT2D eigenvalue weighted by Gasteiger charge is -2.24. The Morgan fingerprint density at radius 3 is 0.988 bits per heavy atom. The number of esters is 2. The summed E-state index contributed by atoms with van der Waals surface area (Å²) in [6.07, 6.45) is 82.2. The molecule has 0 aliphatic rings. The number of likely N-dealkylation sites (N-methyl/N-ethyl adjacent to an activating group) is 1. The number of hydrogen-bond acceptors (Lipinski definition) is 7. The summed E-state index contributed by atoms with van der Waals surface area (Å²) < 4.78 is 34.7. The van der Waals surface area contributed by atoms with Crippen LogP contribution in [0.2, 0.25) is 0 Å². The van der Waals surface area contributed by atoms with Gasteiger partial charge in [-0.2, -0.15) is 0 Å². The second-order valence-electron chi connectivity index (χ2n) is 25.3. The van der Waals surface area contributed by atoms with E-state index in [9.17, 15) is 19.0 Å². The van der Waals surface area contributed by atoms with E-state index in [0.717, 1.165) is 51.4 Å². The molecule has 82 heavy (non-hydrogen) atoms. The number of ether oxygens (including phenoxy) is 2. The predicted octanol–water partition coefficient (Wildman–Crippen LogP) is 22.8. The van der Waals surface area contributed by atoms with Crippen molar-refractivity contribution in [1.29, 1.82) is 0 Å². The highest BCUT2D eigenvalue weighted by molar-refractivity contribution is 7.47. The first-order valence-electron chi connectivity index (χ1n) is 35.4. The van der Waals surface area contributed by atoms with Crippen LogP contribution in [0.15, 0.2) is 48.6 Å². The van der Waals surface area contributed by atoms with E-state index in [1.807, 2.05) is 21.1 Å². The Morgan fingerprint density at radius 1 is 0.378 bits per heavy atom. The van der Waals surface area contributed by atoms with Crippen LogP contribution in [-0.2, 0) is 32.7 Å². The van der Waals surface area contributed by atoms with E-state index >= 15 is 0 Å². The minimum atomic E-state index is -4.39. The van der Waals surface area contributed by atoms with Gasteiger partial charge in [0.25, 0.3) is 0 Å². The molecule has 10 heteroatoms. The zero-order valence-corrected chi connectivity index (χ0v) is 55.9. The van der Waals surface area contributed by atoms with E-state index in [-0.39, 0.29) is 25.6 Å². The summed E-state index contributed by atoms with van der Waals surface area (Å²) >= 11 is 0. The Bertz CT molecular complexity index is 1520. The fourth-order valence-corrected chi connectivity index (χ4v) is 11.1. The number of unbranched alkanes of at least 4 members (excludes halogenated alkanes) is 44. The van der Waals surface area contributed by atoms with Gasteiger partial charge in [0, 0.05) is 12.8 Å². The van der Waals surface area contributed by atoms with Crippen LogP contribution in [0.4, 0.5) is 0 Å². The van der Waals surface area contributed by atoms with Gasteiger partial charge in [-0.1, -0.05) is 306 Å². The van der Waals surface area contributed by atoms with Crippen LogP contribution in [0.25, 0.3) is 0 Å². The highest BCUT2D eigenvalue weighted by Gasteiger charge is 2.27. The molecule has 1 N–H and O–H groups in total. The third kappa shape index (κ3) is 67.1. The quantitative estimate of drug-likeness (QED) is 0.0211. The standard InChI is InChI=1S/C72H136NO8P/c1-6-8-10-12-14-16-18-20-22-24-26-28-30-32-33-34-35-36-37-38-39-41-42-44-46-48-50-52-54-56-58-60-62-64-71(74)78-68-70(69-80-82(76,77)79-67-66-73(3,4)5)81-72(75)65-63-61-59-57-55-53-51-49-47-45-43-40-31-29-27-25-23-21-19-17-15-13-11-9-7-2/h19,21,24-27,31,40,70H,6-18,20,22-23,28-30,32-39,41-69H2,1-5H3/p+1/b21-19-,26-24-,27-25-,40-31-. The van der Waals surface area contributed by atoms with Crippen molar-refractivity contribution in [3.63, 3.8) is 0 Å². The number of hydrogen-bond donors (Lipinski definition) is 1. The topological polar surface area (TPSA) is 108 Å². The van der Waals surface area contributed by atoms with E-state index in [1.165, 1.54) is 263 Å². The Kier molecular flexibility index (Phi) is 61.9. The minimum Gasteiger partial charge on any atom is -0.462 e. The van der Waals surface area contributed by atoms with E-state index < -0.39 is 26.5 Å². The van der Waals surface area contributed by atoms with E-state index in [1.54, 1.807) is 0 Å². The zero-order chi connectivity index (χ0) is 59.8. The van der Waals surface area contributed by atoms with Gasteiger partial charge in [0.2, 0.25) is 0 Å². The van der Waals surface area contributed by atoms with Crippen molar-refractivity contribution < 1.29 is 42.1 Å². The lowest BCUT2D eigenvalue weighted by Crippen LogP contribution is -2.37. The largest absolute Gasteiger partial charge is 0.472 e. The molecule has 0 aliphatic carbocycles. The molecular weight excluding hydrogens is 1040 g/mol. The maximum Gasteiger partial charge on any atom is 0.472 e. The zero-order valence-electron chi connectivity index (χ0n) is 55.0. The lowest BCUT2D eigenvalue weighted by atomic mass is 10.0. The highest BCUT2D eigenvalue weighted by Crippen LogP contribution is 2.43. The number of quaternary nitrogens is 1. The van der Waals surface area contributed by atoms with Crippen molar-refractivity contribution >= 4 is 19.8 Å². The molecule has 0 aromatic carbocycles. The summed E-state index contributed by atoms with van der Waals surface area (Å²) in [7, 11) is 1.49. The maximum atomic E-state index is 12.9. The highest BCUT2D eigenvalue weighted by atomic mass is 31.2. The Hall–Kier alpha value is -2.03. The molecule has 0 spiro atoms. The summed E-state index contributed by atoms with van der Waals surface area (Å²) in [5.74, 6) is -0.786. The Labute approximate surface area is 509 Å². The van der Waals surface area contributed by atoms with Crippen molar-refractivity contribution in [3.8, 4) is 0 Å². The summed E-state index contributed by atoms with van der Waals surface area (Å²) in [6, 6.07) is 0. The van der Waals surface area contributed by atoms with E-state index in [2.05, 4.69) is 62.5 Å². The average Bonchev–Trinajstić information content (AvgIpc) is 3.46. The lowest BCUT2D eigenvalue weighted by molar-refractivity contribution is -0.870. The summed E-state index contributed by atoms with van der Waals surface area (Å²) in [5, 5.41) is 0. The monoisotopic (exact) mass is 1180 g/mol. The molecule has 2 atom stereocenters. The number of allylic oxidation sites excluding steroid dienone is 8. The fourth-order valence-electron chi connectivity index (χ4n) is 10.4. The normalized spacial score (nSPS) is 13.4. The van der Waals surface area contributed by atoms with Gasteiger partial charge in [0.05, 0.1) is 27.7 Å². The molecule has 0 saturated carbocycles. The number of carbonyl (C=O) groups excluding carboxylic acids is 2. The van der Waals surface area contributed by atoms with Gasteiger partial charge in [0.1, 0.15) is 19.8 Å². The molecule has 0 fully saturated rings. The summed E-state index contributed by atoms with van der Waals surface area (Å²) in [4.78, 5) is 35.9. The Balaban J connectivity index is 4.00. The van der Waals surface area contributed by atoms with Crippen molar-refractivity contribution in [2.45, 2.75) is 354 Å². The first kappa shape index (κ1) is 80.0. The predicted molar refractivity (Wildman–Crippen MR) is 353 cm³/mol. The van der Waals surface area contributed by atoms with Gasteiger partial charge in [-0.25, -0.2) is 4.57 Å². The number of carbonyl (C=O) groups is 2. The molecule has 0 amide bonds. The van der Waals surface area contributed by atoms with Gasteiger partial charge >= 0.3 is 19.8 Å². The number of phosphoric acid groups is 1. The molecule has 2 unspecified atom stereocenters. The third-order valence-corrected chi connectivity index (χ3v) is 16.8. The smallest absolute Gasteiger partial charge is 0.462 e. The first-order chi connectivity index (χ1) is 40.0. The molecular formula is C72H137NO8P+. The van der Waals surface area contributed by atoms with Crippen LogP contribution < -0.4 is 0 Å². The van der Waals surface area contributed by atoms with Gasteiger partial charge in [-0.3, -0.25) is 18.6 Å². The minimum absolute atomic E-state index is 0.0317. The second-order valence-corrected chi connectivity index (χ2v) is 26.7. The average molecular weight is 1180 g/mol. The van der Waals surface area contributed by atoms with E-state index in [4.69, 9.17) is 18.5 Å². The van der Waals surface area contributed by atoms with Crippen molar-refractivity contribution in [1.82, 2.24) is 0 Å². The molecule has 0 saturated heterocycles. The summed E-state index contributed by atoms with van der Waals surface area (Å²) in [5.41, 5.74) is 0. The third-order valence-electron chi connectivity index (χ3n) is 15.8.